The molecule has 0 saturated carbocycles. The summed E-state index contributed by atoms with van der Waals surface area (Å²) in [5.74, 6) is 0.879. The summed E-state index contributed by atoms with van der Waals surface area (Å²) in [4.78, 5) is 7.19. The highest BCUT2D eigenvalue weighted by Gasteiger charge is 2.25. The van der Waals surface area contributed by atoms with Crippen molar-refractivity contribution in [2.75, 3.05) is 18.0 Å². The second-order valence-corrected chi connectivity index (χ2v) is 5.29. The predicted octanol–water partition coefficient (Wildman–Crippen LogP) is 1.64. The van der Waals surface area contributed by atoms with E-state index in [1.807, 2.05) is 19.1 Å². The lowest BCUT2D eigenvalue weighted by Crippen LogP contribution is -2.46. The van der Waals surface area contributed by atoms with Gasteiger partial charge in [0.1, 0.15) is 10.8 Å². The number of hydrogen-bond acceptors (Lipinski definition) is 4. The summed E-state index contributed by atoms with van der Waals surface area (Å²) in [7, 11) is 0. The molecule has 1 aliphatic rings. The van der Waals surface area contributed by atoms with Crippen LogP contribution in [0.3, 0.4) is 0 Å². The fraction of sp³-hybridized carbons (Fsp3) is 0.538. The van der Waals surface area contributed by atoms with Gasteiger partial charge in [-0.3, -0.25) is 0 Å². The Hall–Kier alpha value is -1.20. The monoisotopic (exact) mass is 265 g/mol. The zero-order chi connectivity index (χ0) is 13.3. The standard InChI is InChI=1S/C13H19N3OS/c1-8-4-5-11(12(14)18)13(15-8)16-6-9(2)17-10(3)7-16/h4-5,9-10H,6-7H2,1-3H3,(H2,14,18)/t9-,10+. The Bertz CT molecular complexity index is 454. The normalized spacial score (nSPS) is 24.1. The summed E-state index contributed by atoms with van der Waals surface area (Å²) in [5.41, 5.74) is 7.59. The fourth-order valence-electron chi connectivity index (χ4n) is 2.33. The Kier molecular flexibility index (Phi) is 3.82. The van der Waals surface area contributed by atoms with Crippen LogP contribution in [0.4, 0.5) is 5.82 Å². The Labute approximate surface area is 113 Å². The molecule has 1 saturated heterocycles. The Morgan fingerprint density at radius 3 is 2.56 bits per heavy atom. The molecular weight excluding hydrogens is 246 g/mol. The first-order chi connectivity index (χ1) is 8.47. The topological polar surface area (TPSA) is 51.4 Å². The number of aromatic nitrogens is 1. The quantitative estimate of drug-likeness (QED) is 0.824. The van der Waals surface area contributed by atoms with E-state index in [2.05, 4.69) is 23.7 Å². The highest BCUT2D eigenvalue weighted by Crippen LogP contribution is 2.23. The van der Waals surface area contributed by atoms with E-state index in [-0.39, 0.29) is 12.2 Å². The molecule has 0 aromatic carbocycles. The minimum Gasteiger partial charge on any atom is -0.389 e. The lowest BCUT2D eigenvalue weighted by atomic mass is 10.1. The van der Waals surface area contributed by atoms with Crippen molar-refractivity contribution in [1.29, 1.82) is 0 Å². The van der Waals surface area contributed by atoms with Crippen molar-refractivity contribution in [1.82, 2.24) is 4.98 Å². The molecule has 0 bridgehead atoms. The van der Waals surface area contributed by atoms with E-state index in [0.717, 1.165) is 30.2 Å². The first kappa shape index (κ1) is 13.2. The van der Waals surface area contributed by atoms with E-state index < -0.39 is 0 Å². The van der Waals surface area contributed by atoms with Crippen molar-refractivity contribution >= 4 is 23.0 Å². The van der Waals surface area contributed by atoms with Gasteiger partial charge in [0, 0.05) is 18.8 Å². The molecule has 0 radical (unpaired) electrons. The maximum Gasteiger partial charge on any atom is 0.139 e. The third kappa shape index (κ3) is 2.79. The molecule has 98 valence electrons. The third-order valence-corrected chi connectivity index (χ3v) is 3.22. The SMILES string of the molecule is Cc1ccc(C(N)=S)c(N2C[C@@H](C)O[C@@H](C)C2)n1. The molecule has 5 heteroatoms. The molecule has 2 rings (SSSR count). The van der Waals surface area contributed by atoms with Crippen molar-refractivity contribution in [3.05, 3.63) is 23.4 Å². The summed E-state index contributed by atoms with van der Waals surface area (Å²) in [5, 5.41) is 0. The van der Waals surface area contributed by atoms with E-state index in [1.165, 1.54) is 0 Å². The second-order valence-electron chi connectivity index (χ2n) is 4.85. The molecule has 0 amide bonds. The van der Waals surface area contributed by atoms with Gasteiger partial charge >= 0.3 is 0 Å². The lowest BCUT2D eigenvalue weighted by molar-refractivity contribution is -0.00547. The number of anilines is 1. The summed E-state index contributed by atoms with van der Waals surface area (Å²) < 4.78 is 5.73. The van der Waals surface area contributed by atoms with Gasteiger partial charge in [-0.05, 0) is 32.9 Å². The summed E-state index contributed by atoms with van der Waals surface area (Å²) in [6.07, 6.45) is 0.380. The fourth-order valence-corrected chi connectivity index (χ4v) is 2.49. The zero-order valence-corrected chi connectivity index (χ0v) is 11.8. The highest BCUT2D eigenvalue weighted by atomic mass is 32.1. The molecular formula is C13H19N3OS. The van der Waals surface area contributed by atoms with Crippen LogP contribution < -0.4 is 10.6 Å². The molecule has 0 spiro atoms. The van der Waals surface area contributed by atoms with Crippen LogP contribution in [0, 0.1) is 6.92 Å². The molecule has 1 aromatic heterocycles. The van der Waals surface area contributed by atoms with Gasteiger partial charge in [-0.1, -0.05) is 12.2 Å². The molecule has 0 unspecified atom stereocenters. The number of nitrogens with zero attached hydrogens (tertiary/aromatic N) is 2. The van der Waals surface area contributed by atoms with Crippen LogP contribution >= 0.6 is 12.2 Å². The third-order valence-electron chi connectivity index (χ3n) is 3.00. The number of hydrogen-bond donors (Lipinski definition) is 1. The van der Waals surface area contributed by atoms with Gasteiger partial charge in [0.05, 0.1) is 17.8 Å². The van der Waals surface area contributed by atoms with Crippen LogP contribution in [-0.2, 0) is 4.74 Å². The first-order valence-corrected chi connectivity index (χ1v) is 6.56. The Morgan fingerprint density at radius 1 is 1.39 bits per heavy atom. The van der Waals surface area contributed by atoms with Gasteiger partial charge in [0.2, 0.25) is 0 Å². The van der Waals surface area contributed by atoms with Crippen LogP contribution in [-0.4, -0.2) is 35.3 Å². The summed E-state index contributed by atoms with van der Waals surface area (Å²) >= 11 is 5.10. The minimum absolute atomic E-state index is 0.190. The van der Waals surface area contributed by atoms with Crippen molar-refractivity contribution in [2.24, 2.45) is 5.73 Å². The number of ether oxygens (including phenoxy) is 1. The molecule has 2 N–H and O–H groups in total. The van der Waals surface area contributed by atoms with Gasteiger partial charge in [-0.15, -0.1) is 0 Å². The highest BCUT2D eigenvalue weighted by molar-refractivity contribution is 7.80. The van der Waals surface area contributed by atoms with Crippen molar-refractivity contribution in [3.8, 4) is 0 Å². The molecule has 2 heterocycles. The number of rotatable bonds is 2. The first-order valence-electron chi connectivity index (χ1n) is 6.15. The maximum atomic E-state index is 5.77. The second kappa shape index (κ2) is 5.20. The Morgan fingerprint density at radius 2 is 2.00 bits per heavy atom. The molecule has 2 atom stereocenters. The van der Waals surface area contributed by atoms with Crippen molar-refractivity contribution in [2.45, 2.75) is 33.0 Å². The lowest BCUT2D eigenvalue weighted by Gasteiger charge is -2.37. The number of aryl methyl sites for hydroxylation is 1. The van der Waals surface area contributed by atoms with Crippen molar-refractivity contribution in [3.63, 3.8) is 0 Å². The molecule has 1 fully saturated rings. The number of pyridine rings is 1. The van der Waals surface area contributed by atoms with E-state index in [9.17, 15) is 0 Å². The smallest absolute Gasteiger partial charge is 0.139 e. The van der Waals surface area contributed by atoms with E-state index >= 15 is 0 Å². The summed E-state index contributed by atoms with van der Waals surface area (Å²) in [6.45, 7) is 7.74. The Balaban J connectivity index is 2.36. The van der Waals surface area contributed by atoms with Gasteiger partial charge in [-0.2, -0.15) is 0 Å². The van der Waals surface area contributed by atoms with Crippen LogP contribution in [0.5, 0.6) is 0 Å². The van der Waals surface area contributed by atoms with Crippen LogP contribution in [0.25, 0.3) is 0 Å². The predicted molar refractivity (Wildman–Crippen MR) is 77.1 cm³/mol. The van der Waals surface area contributed by atoms with Gasteiger partial charge in [0.25, 0.3) is 0 Å². The average molecular weight is 265 g/mol. The number of thiocarbonyl (C=S) groups is 1. The van der Waals surface area contributed by atoms with E-state index in [0.29, 0.717) is 4.99 Å². The van der Waals surface area contributed by atoms with Crippen LogP contribution in [0.15, 0.2) is 12.1 Å². The van der Waals surface area contributed by atoms with Gasteiger partial charge < -0.3 is 15.4 Å². The van der Waals surface area contributed by atoms with Crippen molar-refractivity contribution < 1.29 is 4.74 Å². The van der Waals surface area contributed by atoms with Gasteiger partial charge in [-0.25, -0.2) is 4.98 Å². The molecule has 4 nitrogen and oxygen atoms in total. The molecule has 1 aromatic rings. The largest absolute Gasteiger partial charge is 0.389 e. The van der Waals surface area contributed by atoms with E-state index in [1.54, 1.807) is 0 Å². The average Bonchev–Trinajstić information content (AvgIpc) is 2.27. The maximum absolute atomic E-state index is 5.77. The van der Waals surface area contributed by atoms with Crippen LogP contribution in [0.2, 0.25) is 0 Å². The number of morpholine rings is 1. The molecule has 0 aliphatic carbocycles. The molecule has 1 aliphatic heterocycles. The van der Waals surface area contributed by atoms with E-state index in [4.69, 9.17) is 22.7 Å². The zero-order valence-electron chi connectivity index (χ0n) is 11.0. The summed E-state index contributed by atoms with van der Waals surface area (Å²) in [6, 6.07) is 3.89. The molecule has 18 heavy (non-hydrogen) atoms. The van der Waals surface area contributed by atoms with Crippen LogP contribution in [0.1, 0.15) is 25.1 Å². The number of nitrogens with two attached hydrogens (primary N) is 1. The van der Waals surface area contributed by atoms with Gasteiger partial charge in [0.15, 0.2) is 0 Å². The minimum atomic E-state index is 0.190.